The predicted molar refractivity (Wildman–Crippen MR) is 52.7 cm³/mol. The van der Waals surface area contributed by atoms with Crippen molar-refractivity contribution in [1.29, 1.82) is 5.41 Å². The van der Waals surface area contributed by atoms with Gasteiger partial charge in [0.2, 0.25) is 0 Å². The molecule has 0 atom stereocenters. The fourth-order valence-corrected chi connectivity index (χ4v) is 0.802. The van der Waals surface area contributed by atoms with Crippen LogP contribution >= 0.6 is 12.4 Å². The molecule has 0 heterocycles. The number of hydrazine groups is 1. The van der Waals surface area contributed by atoms with Gasteiger partial charge in [-0.05, 0) is 0 Å². The third-order valence-corrected chi connectivity index (χ3v) is 1.31. The summed E-state index contributed by atoms with van der Waals surface area (Å²) >= 11 is 0. The van der Waals surface area contributed by atoms with E-state index in [1.165, 1.54) is 0 Å². The van der Waals surface area contributed by atoms with Gasteiger partial charge in [0.1, 0.15) is 5.84 Å². The van der Waals surface area contributed by atoms with Crippen molar-refractivity contribution in [3.05, 3.63) is 35.9 Å². The van der Waals surface area contributed by atoms with Gasteiger partial charge in [-0.3, -0.25) is 5.41 Å². The molecule has 3 nitrogen and oxygen atoms in total. The van der Waals surface area contributed by atoms with Crippen LogP contribution in [0, 0.1) is 5.41 Å². The maximum atomic E-state index is 7.46. The minimum atomic E-state index is 0. The van der Waals surface area contributed by atoms with Crippen molar-refractivity contribution in [3.63, 3.8) is 0 Å². The molecule has 0 aromatic heterocycles. The summed E-state index contributed by atoms with van der Waals surface area (Å²) in [5, 5.41) is 7.46. The summed E-state index contributed by atoms with van der Waals surface area (Å²) in [4.78, 5) is 0. The number of halogens is 1. The number of amidine groups is 1. The molecule has 0 amide bonds. The van der Waals surface area contributed by atoms with E-state index in [9.17, 15) is 0 Å². The van der Waals surface area contributed by atoms with E-state index in [1.54, 1.807) is 7.05 Å². The lowest BCUT2D eigenvalue weighted by atomic mass is 10.2. The molecule has 1 rings (SSSR count). The van der Waals surface area contributed by atoms with Gasteiger partial charge in [-0.25, -0.2) is 5.43 Å². The average Bonchev–Trinajstić information content (AvgIpc) is 2.07. The third kappa shape index (κ3) is 2.90. The van der Waals surface area contributed by atoms with Crippen LogP contribution in [0.2, 0.25) is 0 Å². The monoisotopic (exact) mass is 185 g/mol. The molecular weight excluding hydrogens is 174 g/mol. The Morgan fingerprint density at radius 2 is 1.83 bits per heavy atom. The van der Waals surface area contributed by atoms with Gasteiger partial charge in [-0.15, -0.1) is 12.4 Å². The maximum absolute atomic E-state index is 7.46. The quantitative estimate of drug-likeness (QED) is 0.368. The first-order valence-corrected chi connectivity index (χ1v) is 3.41. The Hall–Kier alpha value is -1.06. The average molecular weight is 186 g/mol. The minimum absolute atomic E-state index is 0. The van der Waals surface area contributed by atoms with Crippen molar-refractivity contribution in [1.82, 2.24) is 10.9 Å². The topological polar surface area (TPSA) is 47.9 Å². The molecule has 0 fully saturated rings. The Bertz CT molecular complexity index is 235. The third-order valence-electron chi connectivity index (χ3n) is 1.31. The Kier molecular flexibility index (Phi) is 5.08. The van der Waals surface area contributed by atoms with Gasteiger partial charge in [0.25, 0.3) is 0 Å². The van der Waals surface area contributed by atoms with E-state index < -0.39 is 0 Å². The van der Waals surface area contributed by atoms with E-state index in [-0.39, 0.29) is 12.4 Å². The zero-order chi connectivity index (χ0) is 8.10. The van der Waals surface area contributed by atoms with Crippen molar-refractivity contribution in [2.24, 2.45) is 0 Å². The Morgan fingerprint density at radius 3 is 2.33 bits per heavy atom. The van der Waals surface area contributed by atoms with Crippen molar-refractivity contribution in [2.75, 3.05) is 7.05 Å². The zero-order valence-corrected chi connectivity index (χ0v) is 7.61. The van der Waals surface area contributed by atoms with Gasteiger partial charge >= 0.3 is 0 Å². The van der Waals surface area contributed by atoms with Crippen LogP contribution in [-0.2, 0) is 0 Å². The predicted octanol–water partition coefficient (Wildman–Crippen LogP) is 1.16. The summed E-state index contributed by atoms with van der Waals surface area (Å²) < 4.78 is 0. The van der Waals surface area contributed by atoms with Crippen LogP contribution in [0.5, 0.6) is 0 Å². The van der Waals surface area contributed by atoms with E-state index >= 15 is 0 Å². The van der Waals surface area contributed by atoms with Crippen molar-refractivity contribution < 1.29 is 0 Å². The molecule has 0 saturated heterocycles. The summed E-state index contributed by atoms with van der Waals surface area (Å²) in [6, 6.07) is 9.50. The second-order valence-electron chi connectivity index (χ2n) is 2.12. The number of nitrogens with one attached hydrogen (secondary N) is 3. The van der Waals surface area contributed by atoms with E-state index in [4.69, 9.17) is 5.41 Å². The summed E-state index contributed by atoms with van der Waals surface area (Å²) in [6.07, 6.45) is 0. The van der Waals surface area contributed by atoms with Crippen LogP contribution in [0.4, 0.5) is 0 Å². The molecule has 1 aromatic carbocycles. The SMILES string of the molecule is CNNC(=N)c1ccccc1.Cl. The first kappa shape index (κ1) is 10.9. The van der Waals surface area contributed by atoms with Gasteiger partial charge in [-0.1, -0.05) is 30.3 Å². The normalized spacial score (nSPS) is 8.42. The lowest BCUT2D eigenvalue weighted by molar-refractivity contribution is 0.765. The Balaban J connectivity index is 0.00000121. The molecule has 0 unspecified atom stereocenters. The molecule has 0 aliphatic rings. The van der Waals surface area contributed by atoms with Gasteiger partial charge in [0.05, 0.1) is 0 Å². The van der Waals surface area contributed by atoms with E-state index in [1.807, 2.05) is 30.3 Å². The first-order chi connectivity index (χ1) is 5.34. The molecule has 0 saturated carbocycles. The van der Waals surface area contributed by atoms with E-state index in [2.05, 4.69) is 10.9 Å². The van der Waals surface area contributed by atoms with Gasteiger partial charge < -0.3 is 5.43 Å². The highest BCUT2D eigenvalue weighted by Gasteiger charge is 1.95. The van der Waals surface area contributed by atoms with Crippen molar-refractivity contribution >= 4 is 18.2 Å². The summed E-state index contributed by atoms with van der Waals surface area (Å²) in [5.74, 6) is 0.383. The molecule has 0 radical (unpaired) electrons. The van der Waals surface area contributed by atoms with Crippen LogP contribution in [0.15, 0.2) is 30.3 Å². The van der Waals surface area contributed by atoms with Crippen molar-refractivity contribution in [3.8, 4) is 0 Å². The van der Waals surface area contributed by atoms with E-state index in [0.717, 1.165) is 5.56 Å². The number of rotatable bonds is 2. The van der Waals surface area contributed by atoms with Crippen LogP contribution in [0.25, 0.3) is 0 Å². The maximum Gasteiger partial charge on any atom is 0.139 e. The molecular formula is C8H12ClN3. The first-order valence-electron chi connectivity index (χ1n) is 3.41. The number of benzene rings is 1. The molecule has 4 heteroatoms. The molecule has 0 bridgehead atoms. The molecule has 66 valence electrons. The van der Waals surface area contributed by atoms with Gasteiger partial charge in [0.15, 0.2) is 0 Å². The molecule has 3 N–H and O–H groups in total. The van der Waals surface area contributed by atoms with Gasteiger partial charge in [-0.2, -0.15) is 0 Å². The highest BCUT2D eigenvalue weighted by atomic mass is 35.5. The minimum Gasteiger partial charge on any atom is -0.306 e. The standard InChI is InChI=1S/C8H11N3.ClH/c1-10-11-8(9)7-5-3-2-4-6-7;/h2-6,10H,1H3,(H2,9,11);1H. The fraction of sp³-hybridized carbons (Fsp3) is 0.125. The highest BCUT2D eigenvalue weighted by Crippen LogP contribution is 1.96. The molecule has 0 aliphatic heterocycles. The van der Waals surface area contributed by atoms with Gasteiger partial charge in [0, 0.05) is 12.6 Å². The lowest BCUT2D eigenvalue weighted by Crippen LogP contribution is -2.34. The highest BCUT2D eigenvalue weighted by molar-refractivity contribution is 5.95. The zero-order valence-electron chi connectivity index (χ0n) is 6.79. The molecule has 0 spiro atoms. The second kappa shape index (κ2) is 5.57. The largest absolute Gasteiger partial charge is 0.306 e. The summed E-state index contributed by atoms with van der Waals surface area (Å²) in [7, 11) is 1.73. The second-order valence-corrected chi connectivity index (χ2v) is 2.12. The number of hydrogen-bond acceptors (Lipinski definition) is 2. The summed E-state index contributed by atoms with van der Waals surface area (Å²) in [5.41, 5.74) is 6.26. The van der Waals surface area contributed by atoms with Crippen LogP contribution < -0.4 is 10.9 Å². The lowest BCUT2D eigenvalue weighted by Gasteiger charge is -2.04. The molecule has 0 aliphatic carbocycles. The van der Waals surface area contributed by atoms with Crippen LogP contribution in [-0.4, -0.2) is 12.9 Å². The van der Waals surface area contributed by atoms with Crippen LogP contribution in [0.1, 0.15) is 5.56 Å². The van der Waals surface area contributed by atoms with Crippen molar-refractivity contribution in [2.45, 2.75) is 0 Å². The Morgan fingerprint density at radius 1 is 1.25 bits per heavy atom. The number of hydrogen-bond donors (Lipinski definition) is 3. The summed E-state index contributed by atoms with van der Waals surface area (Å²) in [6.45, 7) is 0. The van der Waals surface area contributed by atoms with Crippen LogP contribution in [0.3, 0.4) is 0 Å². The molecule has 12 heavy (non-hydrogen) atoms. The fourth-order valence-electron chi connectivity index (χ4n) is 0.802. The Labute approximate surface area is 78.1 Å². The van der Waals surface area contributed by atoms with E-state index in [0.29, 0.717) is 5.84 Å². The smallest absolute Gasteiger partial charge is 0.139 e. The molecule has 1 aromatic rings.